The lowest BCUT2D eigenvalue weighted by atomic mass is 10.1. The molecule has 17 heavy (non-hydrogen) atoms. The molecule has 2 heterocycles. The second kappa shape index (κ2) is 5.38. The number of hydrogen-bond donors (Lipinski definition) is 2. The molecule has 1 aromatic carbocycles. The Morgan fingerprint density at radius 1 is 1.35 bits per heavy atom. The lowest BCUT2D eigenvalue weighted by molar-refractivity contribution is 0.244. The molecule has 2 aromatic rings. The Morgan fingerprint density at radius 2 is 2.24 bits per heavy atom. The average Bonchev–Trinajstić information content (AvgIpc) is 2.95. The summed E-state index contributed by atoms with van der Waals surface area (Å²) in [5.74, 6) is 0.619. The van der Waals surface area contributed by atoms with Crippen molar-refractivity contribution < 1.29 is 4.74 Å². The Bertz CT molecular complexity index is 446. The second-order valence-corrected chi connectivity index (χ2v) is 4.23. The van der Waals surface area contributed by atoms with E-state index in [0.717, 1.165) is 30.7 Å². The van der Waals surface area contributed by atoms with Crippen LogP contribution >= 0.6 is 12.4 Å². The molecule has 0 aliphatic carbocycles. The summed E-state index contributed by atoms with van der Waals surface area (Å²) in [6.45, 7) is 2.90. The van der Waals surface area contributed by atoms with Gasteiger partial charge in [0.05, 0.1) is 17.6 Å². The number of aromatic amines is 1. The van der Waals surface area contributed by atoms with Crippen LogP contribution in [0.4, 0.5) is 0 Å². The minimum atomic E-state index is 0. The van der Waals surface area contributed by atoms with Crippen molar-refractivity contribution >= 4 is 23.4 Å². The van der Waals surface area contributed by atoms with Crippen LogP contribution in [0.1, 0.15) is 6.42 Å². The molecule has 0 spiro atoms. The summed E-state index contributed by atoms with van der Waals surface area (Å²) in [6, 6.07) is 8.59. The number of nitrogens with one attached hydrogen (secondary N) is 2. The molecule has 1 aliphatic rings. The Balaban J connectivity index is 0.00000108. The molecule has 1 atom stereocenters. The van der Waals surface area contributed by atoms with Crippen molar-refractivity contribution in [3.05, 3.63) is 24.3 Å². The summed E-state index contributed by atoms with van der Waals surface area (Å²) >= 11 is 0. The molecule has 4 nitrogen and oxygen atoms in total. The zero-order chi connectivity index (χ0) is 10.8. The number of nitrogens with zero attached hydrogens (tertiary/aromatic N) is 1. The third kappa shape index (κ3) is 2.70. The Kier molecular flexibility index (Phi) is 3.86. The van der Waals surface area contributed by atoms with Crippen molar-refractivity contribution in [3.63, 3.8) is 0 Å². The van der Waals surface area contributed by atoms with Gasteiger partial charge >= 0.3 is 0 Å². The third-order valence-electron chi connectivity index (χ3n) is 2.99. The summed E-state index contributed by atoms with van der Waals surface area (Å²) in [5, 5.41) is 3.32. The number of ether oxygens (including phenoxy) is 1. The summed E-state index contributed by atoms with van der Waals surface area (Å²) in [6.07, 6.45) is 1.19. The standard InChI is InChI=1S/C12H15N3O.ClH/c1-2-4-11-10(3-1)14-12(15-11)16-8-9-5-6-13-7-9;/h1-4,9,13H,5-8H2,(H,14,15);1H. The van der Waals surface area contributed by atoms with Crippen molar-refractivity contribution in [2.24, 2.45) is 5.92 Å². The normalized spacial score (nSPS) is 19.2. The van der Waals surface area contributed by atoms with E-state index in [1.807, 2.05) is 24.3 Å². The van der Waals surface area contributed by atoms with E-state index in [4.69, 9.17) is 4.74 Å². The number of fused-ring (bicyclic) bond motifs is 1. The summed E-state index contributed by atoms with van der Waals surface area (Å²) < 4.78 is 5.67. The van der Waals surface area contributed by atoms with E-state index in [2.05, 4.69) is 15.3 Å². The maximum absolute atomic E-state index is 5.67. The van der Waals surface area contributed by atoms with Gasteiger partial charge in [-0.25, -0.2) is 0 Å². The quantitative estimate of drug-likeness (QED) is 0.879. The van der Waals surface area contributed by atoms with Crippen LogP contribution < -0.4 is 10.1 Å². The highest BCUT2D eigenvalue weighted by Gasteiger charge is 2.15. The fourth-order valence-corrected chi connectivity index (χ4v) is 2.05. The van der Waals surface area contributed by atoms with Gasteiger partial charge in [-0.15, -0.1) is 12.4 Å². The number of hydrogen-bond acceptors (Lipinski definition) is 3. The van der Waals surface area contributed by atoms with Crippen molar-refractivity contribution in [2.45, 2.75) is 6.42 Å². The predicted octanol–water partition coefficient (Wildman–Crippen LogP) is 1.97. The van der Waals surface area contributed by atoms with Gasteiger partial charge in [-0.05, 0) is 25.1 Å². The minimum absolute atomic E-state index is 0. The predicted molar refractivity (Wildman–Crippen MR) is 69.8 cm³/mol. The highest BCUT2D eigenvalue weighted by molar-refractivity contribution is 5.85. The van der Waals surface area contributed by atoms with Gasteiger partial charge in [0.15, 0.2) is 0 Å². The first kappa shape index (κ1) is 12.2. The van der Waals surface area contributed by atoms with Crippen molar-refractivity contribution in [2.75, 3.05) is 19.7 Å². The monoisotopic (exact) mass is 253 g/mol. The fourth-order valence-electron chi connectivity index (χ4n) is 2.05. The second-order valence-electron chi connectivity index (χ2n) is 4.23. The Labute approximate surface area is 106 Å². The van der Waals surface area contributed by atoms with E-state index in [-0.39, 0.29) is 12.4 Å². The van der Waals surface area contributed by atoms with Crippen LogP contribution in [0.15, 0.2) is 24.3 Å². The molecular formula is C12H16ClN3O. The summed E-state index contributed by atoms with van der Waals surface area (Å²) in [5.41, 5.74) is 1.99. The Morgan fingerprint density at radius 3 is 3.00 bits per heavy atom. The molecule has 1 unspecified atom stereocenters. The molecule has 1 aliphatic heterocycles. The van der Waals surface area contributed by atoms with Crippen LogP contribution in [0.25, 0.3) is 11.0 Å². The third-order valence-corrected chi connectivity index (χ3v) is 2.99. The van der Waals surface area contributed by atoms with E-state index in [1.165, 1.54) is 6.42 Å². The van der Waals surface area contributed by atoms with E-state index in [9.17, 15) is 0 Å². The van der Waals surface area contributed by atoms with Gasteiger partial charge in [0.2, 0.25) is 0 Å². The smallest absolute Gasteiger partial charge is 0.294 e. The van der Waals surface area contributed by atoms with Crippen LogP contribution in [0.5, 0.6) is 6.01 Å². The number of benzene rings is 1. The largest absolute Gasteiger partial charge is 0.464 e. The van der Waals surface area contributed by atoms with Gasteiger partial charge in [0.1, 0.15) is 0 Å². The molecule has 3 rings (SSSR count). The molecule has 1 fully saturated rings. The number of aromatic nitrogens is 2. The molecule has 2 N–H and O–H groups in total. The first-order valence-corrected chi connectivity index (χ1v) is 5.70. The first-order valence-electron chi connectivity index (χ1n) is 5.70. The average molecular weight is 254 g/mol. The molecular weight excluding hydrogens is 238 g/mol. The Hall–Kier alpha value is -1.26. The van der Waals surface area contributed by atoms with Gasteiger partial charge in [-0.3, -0.25) is 0 Å². The summed E-state index contributed by atoms with van der Waals surface area (Å²) in [4.78, 5) is 7.54. The van der Waals surface area contributed by atoms with Gasteiger partial charge in [-0.1, -0.05) is 12.1 Å². The van der Waals surface area contributed by atoms with Crippen molar-refractivity contribution in [1.82, 2.24) is 15.3 Å². The van der Waals surface area contributed by atoms with Gasteiger partial charge < -0.3 is 15.0 Å². The molecule has 1 aromatic heterocycles. The number of rotatable bonds is 3. The number of imidazole rings is 1. The van der Waals surface area contributed by atoms with Crippen LogP contribution in [0, 0.1) is 5.92 Å². The van der Waals surface area contributed by atoms with Crippen LogP contribution in [-0.4, -0.2) is 29.7 Å². The lowest BCUT2D eigenvalue weighted by Gasteiger charge is -2.07. The van der Waals surface area contributed by atoms with Crippen molar-refractivity contribution in [1.29, 1.82) is 0 Å². The molecule has 5 heteroatoms. The fraction of sp³-hybridized carbons (Fsp3) is 0.417. The highest BCUT2D eigenvalue weighted by atomic mass is 35.5. The molecule has 0 radical (unpaired) electrons. The molecule has 1 saturated heterocycles. The van der Waals surface area contributed by atoms with Crippen LogP contribution in [-0.2, 0) is 0 Å². The summed E-state index contributed by atoms with van der Waals surface area (Å²) in [7, 11) is 0. The number of H-pyrrole nitrogens is 1. The van der Waals surface area contributed by atoms with Gasteiger partial charge in [0, 0.05) is 12.5 Å². The van der Waals surface area contributed by atoms with Gasteiger partial charge in [-0.2, -0.15) is 4.98 Å². The lowest BCUT2D eigenvalue weighted by Crippen LogP contribution is -2.15. The number of halogens is 1. The zero-order valence-corrected chi connectivity index (χ0v) is 10.3. The molecule has 92 valence electrons. The van der Waals surface area contributed by atoms with E-state index >= 15 is 0 Å². The SMILES string of the molecule is Cl.c1ccc2[nH]c(OCC3CCNC3)nc2c1. The van der Waals surface area contributed by atoms with Crippen LogP contribution in [0.2, 0.25) is 0 Å². The van der Waals surface area contributed by atoms with E-state index < -0.39 is 0 Å². The number of para-hydroxylation sites is 2. The maximum atomic E-state index is 5.67. The maximum Gasteiger partial charge on any atom is 0.294 e. The molecule has 0 amide bonds. The minimum Gasteiger partial charge on any atom is -0.464 e. The highest BCUT2D eigenvalue weighted by Crippen LogP contribution is 2.16. The molecule has 0 saturated carbocycles. The topological polar surface area (TPSA) is 49.9 Å². The zero-order valence-electron chi connectivity index (χ0n) is 9.48. The van der Waals surface area contributed by atoms with E-state index in [0.29, 0.717) is 11.9 Å². The van der Waals surface area contributed by atoms with E-state index in [1.54, 1.807) is 0 Å². The van der Waals surface area contributed by atoms with Crippen LogP contribution in [0.3, 0.4) is 0 Å². The first-order chi connectivity index (χ1) is 7.92. The van der Waals surface area contributed by atoms with Gasteiger partial charge in [0.25, 0.3) is 6.01 Å². The molecule has 0 bridgehead atoms. The van der Waals surface area contributed by atoms with Crippen molar-refractivity contribution in [3.8, 4) is 6.01 Å².